The molecule has 112 valence electrons. The molecule has 0 aliphatic carbocycles. The molecule has 2 nitrogen and oxygen atoms in total. The highest BCUT2D eigenvalue weighted by Crippen LogP contribution is 2.19. The second-order valence-electron chi connectivity index (χ2n) is 6.93. The molecule has 2 rings (SSSR count). The lowest BCUT2D eigenvalue weighted by molar-refractivity contribution is 0.437. The Bertz CT molecular complexity index is 633. The number of benzene rings is 1. The van der Waals surface area contributed by atoms with Crippen molar-refractivity contribution in [2.24, 2.45) is 5.92 Å². The fraction of sp³-hybridized carbons (Fsp3) is 0.421. The Morgan fingerprint density at radius 1 is 1.24 bits per heavy atom. The van der Waals surface area contributed by atoms with E-state index in [1.165, 1.54) is 16.5 Å². The summed E-state index contributed by atoms with van der Waals surface area (Å²) < 4.78 is 0. The molecule has 21 heavy (non-hydrogen) atoms. The highest BCUT2D eigenvalue weighted by molar-refractivity contribution is 5.81. The average molecular weight is 282 g/mol. The van der Waals surface area contributed by atoms with Crippen molar-refractivity contribution in [3.8, 4) is 0 Å². The van der Waals surface area contributed by atoms with E-state index in [9.17, 15) is 0 Å². The third-order valence-electron chi connectivity index (χ3n) is 3.54. The minimum Gasteiger partial charge on any atom is -0.308 e. The van der Waals surface area contributed by atoms with Crippen LogP contribution in [-0.2, 0) is 0 Å². The smallest absolute Gasteiger partial charge is 0.0702 e. The van der Waals surface area contributed by atoms with Gasteiger partial charge in [-0.2, -0.15) is 0 Å². The molecule has 2 heteroatoms. The number of hydrogen-bond acceptors (Lipinski definition) is 2. The molecule has 0 bridgehead atoms. The zero-order chi connectivity index (χ0) is 15.5. The van der Waals surface area contributed by atoms with Gasteiger partial charge in [-0.3, -0.25) is 4.98 Å². The van der Waals surface area contributed by atoms with Gasteiger partial charge in [0, 0.05) is 23.7 Å². The standard InChI is InChI=1S/C19H26N2/c1-14(2)17(13-21-19(3,4)5)12-15-8-9-18-16(11-15)7-6-10-20-18/h6-12,14,21H,13H2,1-5H3. The van der Waals surface area contributed by atoms with Gasteiger partial charge < -0.3 is 5.32 Å². The van der Waals surface area contributed by atoms with Crippen LogP contribution in [0.1, 0.15) is 40.2 Å². The van der Waals surface area contributed by atoms with Crippen LogP contribution in [0.4, 0.5) is 0 Å². The normalized spacial score (nSPS) is 13.1. The lowest BCUT2D eigenvalue weighted by atomic mass is 9.98. The fourth-order valence-electron chi connectivity index (χ4n) is 2.19. The molecule has 0 unspecified atom stereocenters. The average Bonchev–Trinajstić information content (AvgIpc) is 2.42. The van der Waals surface area contributed by atoms with Crippen LogP contribution in [0.25, 0.3) is 17.0 Å². The summed E-state index contributed by atoms with van der Waals surface area (Å²) in [6, 6.07) is 10.6. The molecule has 1 aromatic heterocycles. The minimum absolute atomic E-state index is 0.140. The van der Waals surface area contributed by atoms with E-state index in [2.05, 4.69) is 75.3 Å². The van der Waals surface area contributed by atoms with Crippen LogP contribution in [0, 0.1) is 5.92 Å². The van der Waals surface area contributed by atoms with Gasteiger partial charge in [0.2, 0.25) is 0 Å². The zero-order valence-electron chi connectivity index (χ0n) is 13.8. The van der Waals surface area contributed by atoms with E-state index in [1.54, 1.807) is 0 Å². The summed E-state index contributed by atoms with van der Waals surface area (Å²) in [6.07, 6.45) is 4.14. The Labute approximate surface area is 128 Å². The van der Waals surface area contributed by atoms with E-state index < -0.39 is 0 Å². The number of rotatable bonds is 4. The largest absolute Gasteiger partial charge is 0.308 e. The van der Waals surface area contributed by atoms with Crippen molar-refractivity contribution in [1.82, 2.24) is 10.3 Å². The van der Waals surface area contributed by atoms with Crippen molar-refractivity contribution in [1.29, 1.82) is 0 Å². The van der Waals surface area contributed by atoms with E-state index in [-0.39, 0.29) is 5.54 Å². The summed E-state index contributed by atoms with van der Waals surface area (Å²) in [5, 5.41) is 4.77. The molecule has 0 saturated heterocycles. The number of nitrogens with one attached hydrogen (secondary N) is 1. The summed E-state index contributed by atoms with van der Waals surface area (Å²) in [5.74, 6) is 0.532. The van der Waals surface area contributed by atoms with Gasteiger partial charge in [-0.15, -0.1) is 0 Å². The molecule has 0 atom stereocenters. The van der Waals surface area contributed by atoms with Crippen molar-refractivity contribution in [3.05, 3.63) is 47.7 Å². The molecule has 1 heterocycles. The second-order valence-corrected chi connectivity index (χ2v) is 6.93. The van der Waals surface area contributed by atoms with Crippen molar-refractivity contribution >= 4 is 17.0 Å². The summed E-state index contributed by atoms with van der Waals surface area (Å²) >= 11 is 0. The molecule has 0 radical (unpaired) electrons. The number of pyridine rings is 1. The van der Waals surface area contributed by atoms with Crippen LogP contribution in [0.3, 0.4) is 0 Å². The maximum Gasteiger partial charge on any atom is 0.0702 e. The monoisotopic (exact) mass is 282 g/mol. The van der Waals surface area contributed by atoms with Gasteiger partial charge >= 0.3 is 0 Å². The Balaban J connectivity index is 2.27. The Morgan fingerprint density at radius 2 is 2.00 bits per heavy atom. The topological polar surface area (TPSA) is 24.9 Å². The Hall–Kier alpha value is -1.67. The van der Waals surface area contributed by atoms with E-state index in [4.69, 9.17) is 0 Å². The van der Waals surface area contributed by atoms with Gasteiger partial charge in [0.15, 0.2) is 0 Å². The van der Waals surface area contributed by atoms with E-state index >= 15 is 0 Å². The fourth-order valence-corrected chi connectivity index (χ4v) is 2.19. The molecular weight excluding hydrogens is 256 g/mol. The summed E-state index contributed by atoms with van der Waals surface area (Å²) in [6.45, 7) is 12.0. The summed E-state index contributed by atoms with van der Waals surface area (Å²) in [7, 11) is 0. The molecule has 0 spiro atoms. The van der Waals surface area contributed by atoms with E-state index in [1.807, 2.05) is 12.3 Å². The first-order valence-electron chi connectivity index (χ1n) is 7.65. The predicted molar refractivity (Wildman–Crippen MR) is 92.3 cm³/mol. The van der Waals surface area contributed by atoms with Crippen LogP contribution in [0.5, 0.6) is 0 Å². The zero-order valence-corrected chi connectivity index (χ0v) is 13.8. The van der Waals surface area contributed by atoms with Crippen LogP contribution < -0.4 is 5.32 Å². The molecule has 1 N–H and O–H groups in total. The van der Waals surface area contributed by atoms with E-state index in [0.717, 1.165) is 12.1 Å². The first-order valence-corrected chi connectivity index (χ1v) is 7.65. The van der Waals surface area contributed by atoms with Crippen molar-refractivity contribution in [2.75, 3.05) is 6.54 Å². The lowest BCUT2D eigenvalue weighted by Gasteiger charge is -2.23. The lowest BCUT2D eigenvalue weighted by Crippen LogP contribution is -2.37. The van der Waals surface area contributed by atoms with E-state index in [0.29, 0.717) is 5.92 Å². The first kappa shape index (κ1) is 15.7. The number of fused-ring (bicyclic) bond motifs is 1. The number of hydrogen-bond donors (Lipinski definition) is 1. The van der Waals surface area contributed by atoms with Gasteiger partial charge in [-0.25, -0.2) is 0 Å². The van der Waals surface area contributed by atoms with Crippen molar-refractivity contribution in [2.45, 2.75) is 40.2 Å². The van der Waals surface area contributed by atoms with Crippen molar-refractivity contribution in [3.63, 3.8) is 0 Å². The van der Waals surface area contributed by atoms with Crippen LogP contribution in [-0.4, -0.2) is 17.1 Å². The van der Waals surface area contributed by atoms with Gasteiger partial charge in [-0.05, 0) is 50.5 Å². The number of nitrogens with zero attached hydrogens (tertiary/aromatic N) is 1. The number of aromatic nitrogens is 1. The molecule has 0 saturated carbocycles. The van der Waals surface area contributed by atoms with Crippen LogP contribution in [0.15, 0.2) is 42.1 Å². The van der Waals surface area contributed by atoms with Gasteiger partial charge in [0.1, 0.15) is 0 Å². The SMILES string of the molecule is CC(C)C(=Cc1ccc2ncccc2c1)CNC(C)(C)C. The maximum absolute atomic E-state index is 4.37. The molecule has 0 aliphatic rings. The summed E-state index contributed by atoms with van der Waals surface area (Å²) in [5.41, 5.74) is 3.86. The highest BCUT2D eigenvalue weighted by atomic mass is 14.9. The quantitative estimate of drug-likeness (QED) is 0.882. The highest BCUT2D eigenvalue weighted by Gasteiger charge is 2.11. The first-order chi connectivity index (χ1) is 9.85. The van der Waals surface area contributed by atoms with Gasteiger partial charge in [-0.1, -0.05) is 37.6 Å². The van der Waals surface area contributed by atoms with Gasteiger partial charge in [0.05, 0.1) is 5.52 Å². The summed E-state index contributed by atoms with van der Waals surface area (Å²) in [4.78, 5) is 4.37. The minimum atomic E-state index is 0.140. The molecular formula is C19H26N2. The molecule has 1 aromatic carbocycles. The Morgan fingerprint density at radius 3 is 2.67 bits per heavy atom. The Kier molecular flexibility index (Phi) is 4.79. The maximum atomic E-state index is 4.37. The third-order valence-corrected chi connectivity index (χ3v) is 3.54. The van der Waals surface area contributed by atoms with Crippen molar-refractivity contribution < 1.29 is 0 Å². The molecule has 0 aliphatic heterocycles. The molecule has 0 amide bonds. The van der Waals surface area contributed by atoms with Gasteiger partial charge in [0.25, 0.3) is 0 Å². The van der Waals surface area contributed by atoms with Crippen LogP contribution >= 0.6 is 0 Å². The second kappa shape index (κ2) is 6.40. The van der Waals surface area contributed by atoms with Crippen LogP contribution in [0.2, 0.25) is 0 Å². The molecule has 0 fully saturated rings. The third kappa shape index (κ3) is 4.68. The predicted octanol–water partition coefficient (Wildman–Crippen LogP) is 4.66. The molecule has 2 aromatic rings.